The number of pyridine rings is 1. The number of hydrogen-bond donors (Lipinski definition) is 1. The standard InChI is InChI=1S/C13H11FN4/c14-11-3-1-9(2-4-11)12-13(17-18-16-12)10-5-7-15-8-6-10/h1-8,12-13H,(H,16,17). The molecule has 0 bridgehead atoms. The molecule has 1 aliphatic heterocycles. The first-order chi connectivity index (χ1) is 8.84. The molecule has 2 aromatic rings. The molecule has 0 amide bonds. The van der Waals surface area contributed by atoms with Gasteiger partial charge in [0.15, 0.2) is 0 Å². The van der Waals surface area contributed by atoms with E-state index < -0.39 is 0 Å². The Morgan fingerprint density at radius 1 is 0.944 bits per heavy atom. The quantitative estimate of drug-likeness (QED) is 0.880. The van der Waals surface area contributed by atoms with E-state index in [1.807, 2.05) is 12.1 Å². The molecule has 18 heavy (non-hydrogen) atoms. The molecule has 1 aliphatic rings. The lowest BCUT2D eigenvalue weighted by Gasteiger charge is -2.16. The zero-order valence-electron chi connectivity index (χ0n) is 9.49. The van der Waals surface area contributed by atoms with Crippen LogP contribution in [0.5, 0.6) is 0 Å². The highest BCUT2D eigenvalue weighted by atomic mass is 19.1. The molecule has 0 radical (unpaired) electrons. The van der Waals surface area contributed by atoms with Gasteiger partial charge in [-0.2, -0.15) is 5.11 Å². The van der Waals surface area contributed by atoms with Crippen LogP contribution in [0, 0.1) is 5.82 Å². The molecule has 1 N–H and O–H groups in total. The molecule has 5 heteroatoms. The van der Waals surface area contributed by atoms with Crippen LogP contribution in [-0.4, -0.2) is 4.98 Å². The van der Waals surface area contributed by atoms with Gasteiger partial charge in [-0.3, -0.25) is 10.4 Å². The van der Waals surface area contributed by atoms with E-state index in [2.05, 4.69) is 20.7 Å². The Balaban J connectivity index is 1.91. The molecule has 2 atom stereocenters. The van der Waals surface area contributed by atoms with Gasteiger partial charge in [0.25, 0.3) is 0 Å². The van der Waals surface area contributed by atoms with Gasteiger partial charge in [0.2, 0.25) is 0 Å². The Morgan fingerprint density at radius 2 is 1.67 bits per heavy atom. The maximum absolute atomic E-state index is 12.9. The van der Waals surface area contributed by atoms with E-state index >= 15 is 0 Å². The number of aromatic nitrogens is 1. The highest BCUT2D eigenvalue weighted by molar-refractivity contribution is 5.27. The van der Waals surface area contributed by atoms with Crippen molar-refractivity contribution in [3.05, 3.63) is 65.7 Å². The second-order valence-electron chi connectivity index (χ2n) is 4.10. The molecule has 2 heterocycles. The fourth-order valence-corrected chi connectivity index (χ4v) is 2.04. The Bertz CT molecular complexity index is 553. The smallest absolute Gasteiger partial charge is 0.124 e. The molecule has 4 nitrogen and oxygen atoms in total. The van der Waals surface area contributed by atoms with Gasteiger partial charge in [-0.1, -0.05) is 17.4 Å². The summed E-state index contributed by atoms with van der Waals surface area (Å²) < 4.78 is 12.9. The van der Waals surface area contributed by atoms with Gasteiger partial charge in [-0.05, 0) is 35.4 Å². The van der Waals surface area contributed by atoms with Gasteiger partial charge in [-0.15, -0.1) is 0 Å². The van der Waals surface area contributed by atoms with Crippen LogP contribution in [-0.2, 0) is 0 Å². The predicted molar refractivity (Wildman–Crippen MR) is 64.1 cm³/mol. The predicted octanol–water partition coefficient (Wildman–Crippen LogP) is 2.97. The Kier molecular flexibility index (Phi) is 2.72. The molecule has 90 valence electrons. The summed E-state index contributed by atoms with van der Waals surface area (Å²) in [6.07, 6.45) is 3.47. The minimum Gasteiger partial charge on any atom is -0.282 e. The van der Waals surface area contributed by atoms with Crippen LogP contribution in [0.25, 0.3) is 0 Å². The molecule has 0 aliphatic carbocycles. The van der Waals surface area contributed by atoms with Crippen molar-refractivity contribution in [2.75, 3.05) is 0 Å². The average molecular weight is 242 g/mol. The molecule has 1 aromatic heterocycles. The van der Waals surface area contributed by atoms with Crippen LogP contribution >= 0.6 is 0 Å². The number of benzene rings is 1. The summed E-state index contributed by atoms with van der Waals surface area (Å²) in [4.78, 5) is 3.99. The monoisotopic (exact) mass is 242 g/mol. The summed E-state index contributed by atoms with van der Waals surface area (Å²) in [6, 6.07) is 10.0. The van der Waals surface area contributed by atoms with Crippen molar-refractivity contribution in [2.45, 2.75) is 12.1 Å². The lowest BCUT2D eigenvalue weighted by molar-refractivity contribution is 0.549. The summed E-state index contributed by atoms with van der Waals surface area (Å²) >= 11 is 0. The molecule has 0 spiro atoms. The van der Waals surface area contributed by atoms with Gasteiger partial charge < -0.3 is 0 Å². The van der Waals surface area contributed by atoms with Crippen molar-refractivity contribution < 1.29 is 4.39 Å². The van der Waals surface area contributed by atoms with Crippen LogP contribution in [0.2, 0.25) is 0 Å². The number of nitrogens with one attached hydrogen (secondary N) is 1. The summed E-state index contributed by atoms with van der Waals surface area (Å²) in [5.41, 5.74) is 4.97. The molecule has 0 fully saturated rings. The van der Waals surface area contributed by atoms with Crippen molar-refractivity contribution in [3.63, 3.8) is 0 Å². The average Bonchev–Trinajstić information content (AvgIpc) is 2.90. The summed E-state index contributed by atoms with van der Waals surface area (Å²) in [7, 11) is 0. The Hall–Kier alpha value is -2.30. The van der Waals surface area contributed by atoms with Gasteiger partial charge >= 0.3 is 0 Å². The van der Waals surface area contributed by atoms with Crippen LogP contribution in [0.1, 0.15) is 23.2 Å². The zero-order valence-corrected chi connectivity index (χ0v) is 9.49. The van der Waals surface area contributed by atoms with E-state index in [0.717, 1.165) is 11.1 Å². The van der Waals surface area contributed by atoms with Crippen molar-refractivity contribution in [2.24, 2.45) is 10.3 Å². The van der Waals surface area contributed by atoms with Crippen LogP contribution in [0.4, 0.5) is 4.39 Å². The maximum Gasteiger partial charge on any atom is 0.124 e. The van der Waals surface area contributed by atoms with Gasteiger partial charge in [0.05, 0.1) is 6.04 Å². The maximum atomic E-state index is 12.9. The first-order valence-corrected chi connectivity index (χ1v) is 5.65. The summed E-state index contributed by atoms with van der Waals surface area (Å²) in [6.45, 7) is 0. The van der Waals surface area contributed by atoms with Crippen molar-refractivity contribution >= 4 is 0 Å². The largest absolute Gasteiger partial charge is 0.282 e. The molecular weight excluding hydrogens is 231 g/mol. The molecule has 0 saturated heterocycles. The normalized spacial score (nSPS) is 21.8. The van der Waals surface area contributed by atoms with E-state index in [9.17, 15) is 4.39 Å². The van der Waals surface area contributed by atoms with Gasteiger partial charge in [0.1, 0.15) is 11.9 Å². The third kappa shape index (κ3) is 1.95. The first-order valence-electron chi connectivity index (χ1n) is 5.65. The minimum absolute atomic E-state index is 0.0292. The van der Waals surface area contributed by atoms with Crippen molar-refractivity contribution in [1.82, 2.24) is 10.4 Å². The summed E-state index contributed by atoms with van der Waals surface area (Å²) in [5, 5.41) is 8.05. The zero-order chi connectivity index (χ0) is 12.4. The van der Waals surface area contributed by atoms with Gasteiger partial charge in [0, 0.05) is 12.4 Å². The number of nitrogens with zero attached hydrogens (tertiary/aromatic N) is 3. The Labute approximate surface area is 104 Å². The number of rotatable bonds is 2. The van der Waals surface area contributed by atoms with Crippen LogP contribution in [0.3, 0.4) is 0 Å². The van der Waals surface area contributed by atoms with Gasteiger partial charge in [-0.25, -0.2) is 4.39 Å². The van der Waals surface area contributed by atoms with E-state index in [-0.39, 0.29) is 17.9 Å². The van der Waals surface area contributed by atoms with E-state index in [1.54, 1.807) is 24.5 Å². The van der Waals surface area contributed by atoms with E-state index in [0.29, 0.717) is 0 Å². The fourth-order valence-electron chi connectivity index (χ4n) is 2.04. The molecule has 2 unspecified atom stereocenters. The van der Waals surface area contributed by atoms with Crippen LogP contribution in [0.15, 0.2) is 59.1 Å². The second kappa shape index (κ2) is 4.52. The second-order valence-corrected chi connectivity index (χ2v) is 4.10. The minimum atomic E-state index is -0.248. The third-order valence-electron chi connectivity index (χ3n) is 2.97. The van der Waals surface area contributed by atoms with Crippen LogP contribution < -0.4 is 5.43 Å². The molecule has 3 rings (SSSR count). The lowest BCUT2D eigenvalue weighted by Crippen LogP contribution is -2.16. The molecular formula is C13H11FN4. The highest BCUT2D eigenvalue weighted by Gasteiger charge is 2.28. The third-order valence-corrected chi connectivity index (χ3v) is 2.97. The number of hydrogen-bond acceptors (Lipinski definition) is 4. The molecule has 0 saturated carbocycles. The van der Waals surface area contributed by atoms with Crippen molar-refractivity contribution in [1.29, 1.82) is 0 Å². The highest BCUT2D eigenvalue weighted by Crippen LogP contribution is 2.35. The fraction of sp³-hybridized carbons (Fsp3) is 0.154. The molecule has 1 aromatic carbocycles. The Morgan fingerprint density at radius 3 is 2.39 bits per heavy atom. The summed E-state index contributed by atoms with van der Waals surface area (Å²) in [5.74, 6) is -0.248. The lowest BCUT2D eigenvalue weighted by atomic mass is 9.95. The van der Waals surface area contributed by atoms with Crippen molar-refractivity contribution in [3.8, 4) is 0 Å². The first kappa shape index (κ1) is 10.8. The topological polar surface area (TPSA) is 49.6 Å². The SMILES string of the molecule is Fc1ccc(C2N=NNC2c2ccncc2)cc1. The van der Waals surface area contributed by atoms with E-state index in [4.69, 9.17) is 0 Å². The number of halogens is 1. The van der Waals surface area contributed by atoms with E-state index in [1.165, 1.54) is 12.1 Å².